The topological polar surface area (TPSA) is 23.8 Å². The van der Waals surface area contributed by atoms with Crippen molar-refractivity contribution in [1.82, 2.24) is 0 Å². The second-order valence-corrected chi connectivity index (χ2v) is 4.46. The molecule has 0 amide bonds. The lowest BCUT2D eigenvalue weighted by Crippen LogP contribution is -1.97. The number of nitrogens with zero attached hydrogens (tertiary/aromatic N) is 1. The van der Waals surface area contributed by atoms with Crippen LogP contribution >= 0.6 is 11.8 Å². The van der Waals surface area contributed by atoms with E-state index in [2.05, 4.69) is 44.2 Å². The molecular formula is C12H15NS. The third-order valence-corrected chi connectivity index (χ3v) is 3.27. The average Bonchev–Trinajstić information content (AvgIpc) is 2.19. The fourth-order valence-corrected chi connectivity index (χ4v) is 2.30. The summed E-state index contributed by atoms with van der Waals surface area (Å²) in [5.74, 6) is 1.08. The molecule has 0 aliphatic rings. The molecule has 0 spiro atoms. The van der Waals surface area contributed by atoms with E-state index in [1.807, 2.05) is 0 Å². The number of hydrogen-bond donors (Lipinski definition) is 0. The minimum atomic E-state index is 0.181. The molecule has 0 heterocycles. The van der Waals surface area contributed by atoms with Gasteiger partial charge in [-0.1, -0.05) is 24.6 Å². The van der Waals surface area contributed by atoms with Crippen LogP contribution in [-0.2, 0) is 0 Å². The fraction of sp³-hybridized carbons (Fsp3) is 0.417. The Morgan fingerprint density at radius 2 is 2.29 bits per heavy atom. The largest absolute Gasteiger partial charge is 0.198 e. The highest BCUT2D eigenvalue weighted by Crippen LogP contribution is 2.22. The number of aryl methyl sites for hydroxylation is 1. The van der Waals surface area contributed by atoms with Gasteiger partial charge in [0.25, 0.3) is 0 Å². The Morgan fingerprint density at radius 3 is 2.86 bits per heavy atom. The van der Waals surface area contributed by atoms with Gasteiger partial charge in [0.1, 0.15) is 0 Å². The summed E-state index contributed by atoms with van der Waals surface area (Å²) in [6, 6.07) is 10.7. The summed E-state index contributed by atoms with van der Waals surface area (Å²) in [6.07, 6.45) is 0.940. The van der Waals surface area contributed by atoms with Crippen LogP contribution in [0.1, 0.15) is 18.9 Å². The first kappa shape index (κ1) is 11.1. The first-order chi connectivity index (χ1) is 6.76. The van der Waals surface area contributed by atoms with Gasteiger partial charge < -0.3 is 0 Å². The van der Waals surface area contributed by atoms with E-state index in [1.54, 1.807) is 11.8 Å². The summed E-state index contributed by atoms with van der Waals surface area (Å²) in [5.41, 5.74) is 1.28. The van der Waals surface area contributed by atoms with Gasteiger partial charge in [-0.3, -0.25) is 0 Å². The van der Waals surface area contributed by atoms with Gasteiger partial charge in [-0.2, -0.15) is 5.26 Å². The zero-order valence-electron chi connectivity index (χ0n) is 8.66. The lowest BCUT2D eigenvalue weighted by Gasteiger charge is -2.05. The summed E-state index contributed by atoms with van der Waals surface area (Å²) in [7, 11) is 0. The van der Waals surface area contributed by atoms with Gasteiger partial charge in [-0.05, 0) is 25.5 Å². The van der Waals surface area contributed by atoms with Crippen molar-refractivity contribution >= 4 is 11.8 Å². The first-order valence-corrected chi connectivity index (χ1v) is 5.84. The Bertz CT molecular complexity index is 327. The summed E-state index contributed by atoms with van der Waals surface area (Å²) in [6.45, 7) is 4.15. The van der Waals surface area contributed by atoms with Crippen LogP contribution in [0, 0.1) is 24.2 Å². The summed E-state index contributed by atoms with van der Waals surface area (Å²) >= 11 is 1.77. The molecule has 0 fully saturated rings. The predicted octanol–water partition coefficient (Wildman–Crippen LogP) is 3.64. The Hall–Kier alpha value is -0.940. The molecule has 0 N–H and O–H groups in total. The molecule has 1 unspecified atom stereocenters. The van der Waals surface area contributed by atoms with Gasteiger partial charge >= 0.3 is 0 Å². The van der Waals surface area contributed by atoms with Crippen molar-refractivity contribution in [3.63, 3.8) is 0 Å². The van der Waals surface area contributed by atoms with Crippen LogP contribution in [0.25, 0.3) is 0 Å². The van der Waals surface area contributed by atoms with E-state index in [9.17, 15) is 0 Å². The van der Waals surface area contributed by atoms with Gasteiger partial charge in [0.15, 0.2) is 0 Å². The third kappa shape index (κ3) is 3.43. The molecule has 1 aromatic rings. The molecule has 0 saturated carbocycles. The van der Waals surface area contributed by atoms with Crippen LogP contribution in [0.15, 0.2) is 29.2 Å². The highest BCUT2D eigenvalue weighted by atomic mass is 32.2. The number of thioether (sulfide) groups is 1. The smallest absolute Gasteiger partial charge is 0.0664 e. The number of rotatable bonds is 4. The van der Waals surface area contributed by atoms with E-state index in [0.29, 0.717) is 0 Å². The highest BCUT2D eigenvalue weighted by Gasteiger charge is 2.04. The molecule has 0 saturated heterocycles. The van der Waals surface area contributed by atoms with Gasteiger partial charge in [0, 0.05) is 10.6 Å². The number of hydrogen-bond acceptors (Lipinski definition) is 2. The van der Waals surface area contributed by atoms with Gasteiger partial charge in [-0.15, -0.1) is 11.8 Å². The van der Waals surface area contributed by atoms with Crippen LogP contribution in [0.4, 0.5) is 0 Å². The minimum absolute atomic E-state index is 0.181. The second kappa shape index (κ2) is 5.72. The molecule has 0 aromatic heterocycles. The van der Waals surface area contributed by atoms with Crippen molar-refractivity contribution in [2.75, 3.05) is 5.75 Å². The summed E-state index contributed by atoms with van der Waals surface area (Å²) in [5, 5.41) is 8.80. The maximum Gasteiger partial charge on any atom is 0.0664 e. The van der Waals surface area contributed by atoms with Crippen molar-refractivity contribution in [3.05, 3.63) is 29.8 Å². The number of benzene rings is 1. The molecule has 1 nitrogen and oxygen atoms in total. The molecule has 0 aliphatic heterocycles. The molecule has 1 atom stereocenters. The second-order valence-electron chi connectivity index (χ2n) is 3.36. The Labute approximate surface area is 90.1 Å². The molecule has 0 radical (unpaired) electrons. The average molecular weight is 205 g/mol. The van der Waals surface area contributed by atoms with E-state index in [0.717, 1.165) is 12.2 Å². The maximum absolute atomic E-state index is 8.80. The van der Waals surface area contributed by atoms with Crippen LogP contribution in [0.3, 0.4) is 0 Å². The normalized spacial score (nSPS) is 12.1. The Morgan fingerprint density at radius 1 is 1.50 bits per heavy atom. The van der Waals surface area contributed by atoms with Crippen LogP contribution in [0.2, 0.25) is 0 Å². The quantitative estimate of drug-likeness (QED) is 0.701. The lowest BCUT2D eigenvalue weighted by molar-refractivity contribution is 0.724. The number of nitriles is 1. The molecule has 14 heavy (non-hydrogen) atoms. The SMILES string of the molecule is CCC(C#N)CSc1cccc(C)c1. The van der Waals surface area contributed by atoms with Gasteiger partial charge in [0.2, 0.25) is 0 Å². The Balaban J connectivity index is 2.50. The molecule has 0 bridgehead atoms. The van der Waals surface area contributed by atoms with Crippen molar-refractivity contribution in [2.45, 2.75) is 25.2 Å². The molecule has 1 rings (SSSR count). The van der Waals surface area contributed by atoms with Crippen molar-refractivity contribution in [3.8, 4) is 6.07 Å². The molecule has 2 heteroatoms. The van der Waals surface area contributed by atoms with E-state index < -0.39 is 0 Å². The Kier molecular flexibility index (Phi) is 4.55. The van der Waals surface area contributed by atoms with E-state index >= 15 is 0 Å². The lowest BCUT2D eigenvalue weighted by atomic mass is 10.1. The zero-order valence-corrected chi connectivity index (χ0v) is 9.47. The van der Waals surface area contributed by atoms with Crippen LogP contribution in [-0.4, -0.2) is 5.75 Å². The highest BCUT2D eigenvalue weighted by molar-refractivity contribution is 7.99. The van der Waals surface area contributed by atoms with Crippen LogP contribution < -0.4 is 0 Å². The van der Waals surface area contributed by atoms with Gasteiger partial charge in [-0.25, -0.2) is 0 Å². The van der Waals surface area contributed by atoms with Crippen molar-refractivity contribution < 1.29 is 0 Å². The summed E-state index contributed by atoms with van der Waals surface area (Å²) in [4.78, 5) is 1.26. The molecule has 0 aliphatic carbocycles. The molecule has 74 valence electrons. The van der Waals surface area contributed by atoms with E-state index in [1.165, 1.54) is 10.5 Å². The summed E-state index contributed by atoms with van der Waals surface area (Å²) < 4.78 is 0. The third-order valence-electron chi connectivity index (χ3n) is 2.12. The first-order valence-electron chi connectivity index (χ1n) is 4.85. The van der Waals surface area contributed by atoms with Crippen molar-refractivity contribution in [2.24, 2.45) is 5.92 Å². The monoisotopic (exact) mass is 205 g/mol. The van der Waals surface area contributed by atoms with E-state index in [-0.39, 0.29) is 5.92 Å². The molecular weight excluding hydrogens is 190 g/mol. The standard InChI is InChI=1S/C12H15NS/c1-3-11(8-13)9-14-12-6-4-5-10(2)7-12/h4-7,11H,3,9H2,1-2H3. The van der Waals surface area contributed by atoms with Crippen LogP contribution in [0.5, 0.6) is 0 Å². The van der Waals surface area contributed by atoms with Gasteiger partial charge in [0.05, 0.1) is 12.0 Å². The zero-order chi connectivity index (χ0) is 10.4. The maximum atomic E-state index is 8.80. The predicted molar refractivity (Wildman–Crippen MR) is 61.3 cm³/mol. The minimum Gasteiger partial charge on any atom is -0.198 e. The fourth-order valence-electron chi connectivity index (χ4n) is 1.15. The molecule has 1 aromatic carbocycles. The van der Waals surface area contributed by atoms with E-state index in [4.69, 9.17) is 5.26 Å². The van der Waals surface area contributed by atoms with Crippen molar-refractivity contribution in [1.29, 1.82) is 5.26 Å².